The molecular weight excluding hydrogens is 306 g/mol. The Morgan fingerprint density at radius 1 is 1.17 bits per heavy atom. The highest BCUT2D eigenvalue weighted by molar-refractivity contribution is 7.98. The molecule has 0 atom stereocenters. The van der Waals surface area contributed by atoms with Crippen LogP contribution in [0.2, 0.25) is 0 Å². The molecule has 1 aromatic heterocycles. The molecule has 3 rings (SSSR count). The minimum atomic E-state index is -0.0455. The van der Waals surface area contributed by atoms with E-state index in [-0.39, 0.29) is 5.91 Å². The number of amides is 1. The third-order valence-corrected chi connectivity index (χ3v) is 4.10. The first-order valence-corrected chi connectivity index (χ1v) is 8.50. The molecule has 0 radical (unpaired) electrons. The zero-order valence-electron chi connectivity index (χ0n) is 12.8. The fraction of sp³-hybridized carbons (Fsp3) is 0.111. The molecule has 5 heteroatoms. The van der Waals surface area contributed by atoms with Crippen LogP contribution in [0.4, 0.5) is 5.69 Å². The highest BCUT2D eigenvalue weighted by Gasteiger charge is 2.07. The van der Waals surface area contributed by atoms with Crippen LogP contribution in [0.1, 0.15) is 5.56 Å². The number of hydrogen-bond acceptors (Lipinski definition) is 3. The molecule has 0 spiro atoms. The smallest absolute Gasteiger partial charge is 0.228 e. The second-order valence-corrected chi connectivity index (χ2v) is 5.97. The zero-order valence-corrected chi connectivity index (χ0v) is 13.6. The van der Waals surface area contributed by atoms with Gasteiger partial charge < -0.3 is 5.32 Å². The number of para-hydroxylation sites is 1. The summed E-state index contributed by atoms with van der Waals surface area (Å²) in [5.74, 6) is -0.0455. The van der Waals surface area contributed by atoms with Crippen molar-refractivity contribution in [1.82, 2.24) is 9.78 Å². The van der Waals surface area contributed by atoms with Crippen LogP contribution in [0.5, 0.6) is 0 Å². The summed E-state index contributed by atoms with van der Waals surface area (Å²) in [5, 5.41) is 7.23. The lowest BCUT2D eigenvalue weighted by molar-refractivity contribution is -0.115. The van der Waals surface area contributed by atoms with Gasteiger partial charge in [0, 0.05) is 16.8 Å². The molecule has 1 N–H and O–H groups in total. The Balaban J connectivity index is 1.65. The van der Waals surface area contributed by atoms with Crippen LogP contribution < -0.4 is 5.32 Å². The number of carbonyl (C=O) groups excluding carboxylic acids is 1. The maximum atomic E-state index is 12.2. The third kappa shape index (κ3) is 4.02. The van der Waals surface area contributed by atoms with Crippen LogP contribution in [0.25, 0.3) is 5.69 Å². The van der Waals surface area contributed by atoms with E-state index in [1.54, 1.807) is 22.6 Å². The average molecular weight is 323 g/mol. The predicted molar refractivity (Wildman–Crippen MR) is 94.1 cm³/mol. The van der Waals surface area contributed by atoms with Crippen molar-refractivity contribution in [2.24, 2.45) is 0 Å². The van der Waals surface area contributed by atoms with E-state index < -0.39 is 0 Å². The molecule has 116 valence electrons. The largest absolute Gasteiger partial charge is 0.326 e. The summed E-state index contributed by atoms with van der Waals surface area (Å²) in [6, 6.07) is 17.7. The van der Waals surface area contributed by atoms with Gasteiger partial charge in [-0.15, -0.1) is 11.8 Å². The standard InChI is InChI=1S/C18H17N3OS/c1-23-17-9-5-6-15(11-17)20-18(22)10-14-12-19-21(13-14)16-7-3-2-4-8-16/h2-9,11-13H,10H2,1H3,(H,20,22). The van der Waals surface area contributed by atoms with Gasteiger partial charge in [0.2, 0.25) is 5.91 Å². The Hall–Kier alpha value is -2.53. The van der Waals surface area contributed by atoms with Crippen LogP contribution in [0.15, 0.2) is 71.9 Å². The second kappa shape index (κ2) is 7.15. The SMILES string of the molecule is CSc1cccc(NC(=O)Cc2cnn(-c3ccccc3)c2)c1. The fourth-order valence-corrected chi connectivity index (χ4v) is 2.72. The summed E-state index contributed by atoms with van der Waals surface area (Å²) in [6.07, 6.45) is 5.92. The molecule has 1 heterocycles. The minimum absolute atomic E-state index is 0.0455. The van der Waals surface area contributed by atoms with Crippen molar-refractivity contribution < 1.29 is 4.79 Å². The van der Waals surface area contributed by atoms with Crippen molar-refractivity contribution in [1.29, 1.82) is 0 Å². The van der Waals surface area contributed by atoms with Crippen LogP contribution in [0, 0.1) is 0 Å². The van der Waals surface area contributed by atoms with E-state index >= 15 is 0 Å². The summed E-state index contributed by atoms with van der Waals surface area (Å²) >= 11 is 1.65. The lowest BCUT2D eigenvalue weighted by Gasteiger charge is -2.05. The molecule has 0 unspecified atom stereocenters. The normalized spacial score (nSPS) is 10.5. The van der Waals surface area contributed by atoms with E-state index in [9.17, 15) is 4.79 Å². The van der Waals surface area contributed by atoms with Gasteiger partial charge in [-0.05, 0) is 42.2 Å². The van der Waals surface area contributed by atoms with Gasteiger partial charge >= 0.3 is 0 Å². The molecule has 3 aromatic rings. The first-order chi connectivity index (χ1) is 11.2. The number of carbonyl (C=O) groups is 1. The Kier molecular flexibility index (Phi) is 4.78. The molecule has 0 aliphatic rings. The van der Waals surface area contributed by atoms with Crippen LogP contribution >= 0.6 is 11.8 Å². The highest BCUT2D eigenvalue weighted by Crippen LogP contribution is 2.19. The van der Waals surface area contributed by atoms with Crippen molar-refractivity contribution >= 4 is 23.4 Å². The van der Waals surface area contributed by atoms with Crippen LogP contribution in [0.3, 0.4) is 0 Å². The Morgan fingerprint density at radius 2 is 2.00 bits per heavy atom. The van der Waals surface area contributed by atoms with E-state index in [2.05, 4.69) is 10.4 Å². The molecule has 0 bridgehead atoms. The molecule has 0 saturated heterocycles. The summed E-state index contributed by atoms with van der Waals surface area (Å²) in [5.41, 5.74) is 2.68. The van der Waals surface area contributed by atoms with Gasteiger partial charge in [-0.25, -0.2) is 4.68 Å². The molecule has 2 aromatic carbocycles. The quantitative estimate of drug-likeness (QED) is 0.727. The summed E-state index contributed by atoms with van der Waals surface area (Å²) in [7, 11) is 0. The van der Waals surface area contributed by atoms with Crippen LogP contribution in [-0.4, -0.2) is 21.9 Å². The van der Waals surface area contributed by atoms with E-state index in [0.717, 1.165) is 21.8 Å². The average Bonchev–Trinajstić information content (AvgIpc) is 3.04. The number of hydrogen-bond donors (Lipinski definition) is 1. The number of aromatic nitrogens is 2. The first kappa shape index (κ1) is 15.4. The van der Waals surface area contributed by atoms with Crippen molar-refractivity contribution in [2.45, 2.75) is 11.3 Å². The summed E-state index contributed by atoms with van der Waals surface area (Å²) in [6.45, 7) is 0. The molecule has 23 heavy (non-hydrogen) atoms. The van der Waals surface area contributed by atoms with Gasteiger partial charge in [0.05, 0.1) is 18.3 Å². The number of nitrogens with one attached hydrogen (secondary N) is 1. The lowest BCUT2D eigenvalue weighted by atomic mass is 10.2. The maximum absolute atomic E-state index is 12.2. The Morgan fingerprint density at radius 3 is 2.78 bits per heavy atom. The van der Waals surface area contributed by atoms with Crippen molar-refractivity contribution in [3.05, 3.63) is 72.6 Å². The first-order valence-electron chi connectivity index (χ1n) is 7.27. The van der Waals surface area contributed by atoms with Crippen molar-refractivity contribution in [3.63, 3.8) is 0 Å². The predicted octanol–water partition coefficient (Wildman–Crippen LogP) is 3.78. The van der Waals surface area contributed by atoms with Gasteiger partial charge in [-0.1, -0.05) is 24.3 Å². The highest BCUT2D eigenvalue weighted by atomic mass is 32.2. The second-order valence-electron chi connectivity index (χ2n) is 5.09. The molecule has 4 nitrogen and oxygen atoms in total. The van der Waals surface area contributed by atoms with E-state index in [0.29, 0.717) is 6.42 Å². The number of benzene rings is 2. The van der Waals surface area contributed by atoms with Gasteiger partial charge in [-0.2, -0.15) is 5.10 Å². The number of anilines is 1. The number of rotatable bonds is 5. The van der Waals surface area contributed by atoms with E-state index in [1.807, 2.05) is 67.0 Å². The molecular formula is C18H17N3OS. The lowest BCUT2D eigenvalue weighted by Crippen LogP contribution is -2.14. The molecule has 0 aliphatic heterocycles. The van der Waals surface area contributed by atoms with E-state index in [1.165, 1.54) is 0 Å². The Bertz CT molecular complexity index is 799. The van der Waals surface area contributed by atoms with Gasteiger partial charge in [-0.3, -0.25) is 4.79 Å². The molecule has 1 amide bonds. The number of thioether (sulfide) groups is 1. The zero-order chi connectivity index (χ0) is 16.1. The summed E-state index contributed by atoms with van der Waals surface area (Å²) in [4.78, 5) is 13.3. The minimum Gasteiger partial charge on any atom is -0.326 e. The third-order valence-electron chi connectivity index (χ3n) is 3.37. The number of nitrogens with zero attached hydrogens (tertiary/aromatic N) is 2. The fourth-order valence-electron chi connectivity index (χ4n) is 2.26. The molecule has 0 saturated carbocycles. The topological polar surface area (TPSA) is 46.9 Å². The van der Waals surface area contributed by atoms with Gasteiger partial charge in [0.1, 0.15) is 0 Å². The Labute approximate surface area is 139 Å². The molecule has 0 aliphatic carbocycles. The summed E-state index contributed by atoms with van der Waals surface area (Å²) < 4.78 is 1.77. The maximum Gasteiger partial charge on any atom is 0.228 e. The molecule has 0 fully saturated rings. The van der Waals surface area contributed by atoms with Gasteiger partial charge in [0.25, 0.3) is 0 Å². The van der Waals surface area contributed by atoms with Crippen molar-refractivity contribution in [3.8, 4) is 5.69 Å². The van der Waals surface area contributed by atoms with E-state index in [4.69, 9.17) is 0 Å². The van der Waals surface area contributed by atoms with Crippen LogP contribution in [-0.2, 0) is 11.2 Å². The van der Waals surface area contributed by atoms with Crippen molar-refractivity contribution in [2.75, 3.05) is 11.6 Å². The van der Waals surface area contributed by atoms with Gasteiger partial charge in [0.15, 0.2) is 0 Å². The monoisotopic (exact) mass is 323 g/mol.